The molecule has 22 heavy (non-hydrogen) atoms. The van der Waals surface area contributed by atoms with Crippen molar-refractivity contribution in [3.05, 3.63) is 78.1 Å². The van der Waals surface area contributed by atoms with Crippen LogP contribution in [0.25, 0.3) is 10.8 Å². The number of hydrogen-bond acceptors (Lipinski definition) is 3. The molecule has 1 heterocycles. The van der Waals surface area contributed by atoms with Crippen LogP contribution in [0.5, 0.6) is 0 Å². The molecule has 0 radical (unpaired) electrons. The molecule has 0 fully saturated rings. The maximum absolute atomic E-state index is 12.4. The highest BCUT2D eigenvalue weighted by Crippen LogP contribution is 2.18. The molecule has 0 bridgehead atoms. The Morgan fingerprint density at radius 2 is 1.73 bits per heavy atom. The SMILES string of the molecule is CC(=NNC(=O)c1cccc2ccccc12)c1ccncc1. The van der Waals surface area contributed by atoms with E-state index in [-0.39, 0.29) is 5.91 Å². The lowest BCUT2D eigenvalue weighted by Crippen LogP contribution is -2.19. The summed E-state index contributed by atoms with van der Waals surface area (Å²) in [5.74, 6) is -0.217. The van der Waals surface area contributed by atoms with E-state index in [1.807, 2.05) is 55.5 Å². The molecule has 4 heteroatoms. The zero-order chi connectivity index (χ0) is 15.4. The first kappa shape index (κ1) is 13.9. The van der Waals surface area contributed by atoms with Crippen LogP contribution >= 0.6 is 0 Å². The maximum atomic E-state index is 12.4. The maximum Gasteiger partial charge on any atom is 0.272 e. The quantitative estimate of drug-likeness (QED) is 0.593. The molecule has 0 saturated heterocycles. The molecule has 0 saturated carbocycles. The van der Waals surface area contributed by atoms with E-state index in [2.05, 4.69) is 15.5 Å². The monoisotopic (exact) mass is 289 g/mol. The van der Waals surface area contributed by atoms with Crippen LogP contribution in [0.2, 0.25) is 0 Å². The molecule has 0 atom stereocenters. The van der Waals surface area contributed by atoms with Crippen LogP contribution in [0.1, 0.15) is 22.8 Å². The summed E-state index contributed by atoms with van der Waals surface area (Å²) in [5, 5.41) is 6.12. The highest BCUT2D eigenvalue weighted by atomic mass is 16.2. The van der Waals surface area contributed by atoms with E-state index >= 15 is 0 Å². The molecule has 0 aliphatic rings. The van der Waals surface area contributed by atoms with Crippen LogP contribution in [-0.4, -0.2) is 16.6 Å². The zero-order valence-corrected chi connectivity index (χ0v) is 12.2. The van der Waals surface area contributed by atoms with Gasteiger partial charge < -0.3 is 0 Å². The lowest BCUT2D eigenvalue weighted by molar-refractivity contribution is 0.0956. The minimum Gasteiger partial charge on any atom is -0.267 e. The van der Waals surface area contributed by atoms with E-state index in [9.17, 15) is 4.79 Å². The van der Waals surface area contributed by atoms with Gasteiger partial charge in [0.05, 0.1) is 5.71 Å². The van der Waals surface area contributed by atoms with Crippen molar-refractivity contribution in [1.82, 2.24) is 10.4 Å². The third-order valence-corrected chi connectivity index (χ3v) is 3.46. The normalized spacial score (nSPS) is 11.4. The number of fused-ring (bicyclic) bond motifs is 1. The summed E-state index contributed by atoms with van der Waals surface area (Å²) in [4.78, 5) is 16.3. The first-order valence-electron chi connectivity index (χ1n) is 6.98. The Morgan fingerprint density at radius 1 is 1.00 bits per heavy atom. The van der Waals surface area contributed by atoms with Crippen molar-refractivity contribution < 1.29 is 4.79 Å². The van der Waals surface area contributed by atoms with Gasteiger partial charge in [-0.3, -0.25) is 9.78 Å². The summed E-state index contributed by atoms with van der Waals surface area (Å²) in [6.45, 7) is 1.85. The fraction of sp³-hybridized carbons (Fsp3) is 0.0556. The largest absolute Gasteiger partial charge is 0.272 e. The number of nitrogens with zero attached hydrogens (tertiary/aromatic N) is 2. The van der Waals surface area contributed by atoms with E-state index in [1.165, 1.54) is 0 Å². The second-order valence-electron chi connectivity index (χ2n) is 4.90. The number of amides is 1. The van der Waals surface area contributed by atoms with Gasteiger partial charge in [-0.2, -0.15) is 5.10 Å². The van der Waals surface area contributed by atoms with Crippen molar-refractivity contribution in [3.8, 4) is 0 Å². The Kier molecular flexibility index (Phi) is 3.92. The molecule has 1 aromatic heterocycles. The summed E-state index contributed by atoms with van der Waals surface area (Å²) in [5.41, 5.74) is 4.89. The number of aromatic nitrogens is 1. The lowest BCUT2D eigenvalue weighted by atomic mass is 10.0. The number of carbonyl (C=O) groups excluding carboxylic acids is 1. The third-order valence-electron chi connectivity index (χ3n) is 3.46. The number of rotatable bonds is 3. The first-order valence-corrected chi connectivity index (χ1v) is 6.98. The lowest BCUT2D eigenvalue weighted by Gasteiger charge is -2.06. The number of carbonyl (C=O) groups is 1. The zero-order valence-electron chi connectivity index (χ0n) is 12.2. The fourth-order valence-electron chi connectivity index (χ4n) is 2.28. The van der Waals surface area contributed by atoms with Crippen molar-refractivity contribution >= 4 is 22.4 Å². The van der Waals surface area contributed by atoms with Gasteiger partial charge in [0.25, 0.3) is 5.91 Å². The van der Waals surface area contributed by atoms with Crippen LogP contribution in [0.15, 0.2) is 72.1 Å². The minimum atomic E-state index is -0.217. The summed E-state index contributed by atoms with van der Waals surface area (Å²) in [6, 6.07) is 17.1. The second kappa shape index (κ2) is 6.18. The van der Waals surface area contributed by atoms with E-state index < -0.39 is 0 Å². The Balaban J connectivity index is 1.85. The number of pyridine rings is 1. The first-order chi connectivity index (χ1) is 10.8. The van der Waals surface area contributed by atoms with E-state index in [4.69, 9.17) is 0 Å². The van der Waals surface area contributed by atoms with E-state index in [0.29, 0.717) is 5.56 Å². The summed E-state index contributed by atoms with van der Waals surface area (Å²) in [7, 11) is 0. The molecule has 1 N–H and O–H groups in total. The highest BCUT2D eigenvalue weighted by molar-refractivity contribution is 6.07. The molecule has 2 aromatic carbocycles. The molecule has 0 spiro atoms. The Bertz CT molecular complexity index is 836. The van der Waals surface area contributed by atoms with Crippen molar-refractivity contribution in [3.63, 3.8) is 0 Å². The van der Waals surface area contributed by atoms with Gasteiger partial charge in [-0.15, -0.1) is 0 Å². The van der Waals surface area contributed by atoms with E-state index in [1.54, 1.807) is 18.5 Å². The Hall–Kier alpha value is -3.01. The van der Waals surface area contributed by atoms with Gasteiger partial charge in [-0.1, -0.05) is 36.4 Å². The predicted octanol–water partition coefficient (Wildman–Crippen LogP) is 3.39. The number of benzene rings is 2. The van der Waals surface area contributed by atoms with E-state index in [0.717, 1.165) is 22.0 Å². The van der Waals surface area contributed by atoms with Crippen LogP contribution in [0.4, 0.5) is 0 Å². The van der Waals surface area contributed by atoms with Gasteiger partial charge in [0.15, 0.2) is 0 Å². The van der Waals surface area contributed by atoms with Gasteiger partial charge >= 0.3 is 0 Å². The van der Waals surface area contributed by atoms with Gasteiger partial charge in [0.2, 0.25) is 0 Å². The molecule has 1 amide bonds. The number of nitrogens with one attached hydrogen (secondary N) is 1. The topological polar surface area (TPSA) is 54.4 Å². The average molecular weight is 289 g/mol. The van der Waals surface area contributed by atoms with Gasteiger partial charge in [-0.25, -0.2) is 5.43 Å². The minimum absolute atomic E-state index is 0.217. The number of hydrogen-bond donors (Lipinski definition) is 1. The Labute approximate surface area is 128 Å². The summed E-state index contributed by atoms with van der Waals surface area (Å²) >= 11 is 0. The molecule has 0 unspecified atom stereocenters. The van der Waals surface area contributed by atoms with Crippen LogP contribution in [-0.2, 0) is 0 Å². The van der Waals surface area contributed by atoms with Gasteiger partial charge in [-0.05, 0) is 35.9 Å². The molecular weight excluding hydrogens is 274 g/mol. The van der Waals surface area contributed by atoms with Crippen molar-refractivity contribution in [2.75, 3.05) is 0 Å². The van der Waals surface area contributed by atoms with Crippen molar-refractivity contribution in [2.45, 2.75) is 6.92 Å². The number of hydrazone groups is 1. The summed E-state index contributed by atoms with van der Waals surface area (Å²) < 4.78 is 0. The molecule has 3 aromatic rings. The molecule has 0 aliphatic carbocycles. The molecule has 108 valence electrons. The average Bonchev–Trinajstić information content (AvgIpc) is 2.59. The van der Waals surface area contributed by atoms with Crippen LogP contribution < -0.4 is 5.43 Å². The van der Waals surface area contributed by atoms with Gasteiger partial charge in [0, 0.05) is 23.5 Å². The Morgan fingerprint density at radius 3 is 2.55 bits per heavy atom. The third kappa shape index (κ3) is 2.86. The highest BCUT2D eigenvalue weighted by Gasteiger charge is 2.08. The molecule has 3 rings (SSSR count). The molecular formula is C18H15N3O. The predicted molar refractivity (Wildman–Crippen MR) is 87.9 cm³/mol. The smallest absolute Gasteiger partial charge is 0.267 e. The van der Waals surface area contributed by atoms with Crippen LogP contribution in [0, 0.1) is 0 Å². The summed E-state index contributed by atoms with van der Waals surface area (Å²) in [6.07, 6.45) is 3.39. The molecule has 4 nitrogen and oxygen atoms in total. The standard InChI is InChI=1S/C18H15N3O/c1-13(14-9-11-19-12-10-14)20-21-18(22)17-8-4-6-15-5-2-3-7-16(15)17/h2-12H,1H3,(H,21,22). The molecule has 0 aliphatic heterocycles. The van der Waals surface area contributed by atoms with Gasteiger partial charge in [0.1, 0.15) is 0 Å². The van der Waals surface area contributed by atoms with Crippen molar-refractivity contribution in [1.29, 1.82) is 0 Å². The van der Waals surface area contributed by atoms with Crippen molar-refractivity contribution in [2.24, 2.45) is 5.10 Å². The second-order valence-corrected chi connectivity index (χ2v) is 4.90. The fourth-order valence-corrected chi connectivity index (χ4v) is 2.28. The van der Waals surface area contributed by atoms with Crippen LogP contribution in [0.3, 0.4) is 0 Å².